The van der Waals surface area contributed by atoms with Crippen molar-refractivity contribution in [3.05, 3.63) is 47.5 Å². The summed E-state index contributed by atoms with van der Waals surface area (Å²) in [5.74, 6) is -0.759. The van der Waals surface area contributed by atoms with E-state index in [2.05, 4.69) is 10.6 Å². The maximum absolute atomic E-state index is 13.1. The molecule has 1 atom stereocenters. The van der Waals surface area contributed by atoms with E-state index < -0.39 is 41.7 Å². The molecule has 1 aliphatic rings. The fourth-order valence-electron chi connectivity index (χ4n) is 3.54. The number of nitrogens with one attached hydrogen (secondary N) is 2. The Kier molecular flexibility index (Phi) is 6.62. The third-order valence-corrected chi connectivity index (χ3v) is 5.29. The molecule has 0 spiro atoms. The summed E-state index contributed by atoms with van der Waals surface area (Å²) in [6, 6.07) is 6.09. The lowest BCUT2D eigenvalue weighted by molar-refractivity contribution is -0.138. The Morgan fingerprint density at radius 3 is 2.21 bits per heavy atom. The topological polar surface area (TPSA) is 106 Å². The van der Waals surface area contributed by atoms with Gasteiger partial charge in [0.2, 0.25) is 11.7 Å². The van der Waals surface area contributed by atoms with Crippen LogP contribution in [0.3, 0.4) is 0 Å². The zero-order valence-corrected chi connectivity index (χ0v) is 18.7. The molecule has 1 saturated heterocycles. The molecule has 1 fully saturated rings. The van der Waals surface area contributed by atoms with Gasteiger partial charge in [-0.1, -0.05) is 12.1 Å². The number of amides is 4. The van der Waals surface area contributed by atoms with E-state index in [1.54, 1.807) is 0 Å². The molecule has 4 amide bonds. The van der Waals surface area contributed by atoms with Crippen molar-refractivity contribution in [3.8, 4) is 17.2 Å². The Bertz CT molecular complexity index is 1110. The van der Waals surface area contributed by atoms with Gasteiger partial charge in [0.25, 0.3) is 5.91 Å². The third-order valence-electron chi connectivity index (χ3n) is 5.29. The van der Waals surface area contributed by atoms with Crippen molar-refractivity contribution in [2.75, 3.05) is 33.2 Å². The van der Waals surface area contributed by atoms with Gasteiger partial charge in [-0.2, -0.15) is 13.2 Å². The second-order valence-electron chi connectivity index (χ2n) is 7.49. The van der Waals surface area contributed by atoms with E-state index >= 15 is 0 Å². The molecule has 0 bridgehead atoms. The van der Waals surface area contributed by atoms with Crippen LogP contribution in [0.4, 0.5) is 23.7 Å². The van der Waals surface area contributed by atoms with Gasteiger partial charge in [-0.15, -0.1) is 0 Å². The van der Waals surface area contributed by atoms with Crippen molar-refractivity contribution >= 4 is 23.5 Å². The molecular formula is C22H22F3N3O6. The normalized spacial score (nSPS) is 17.9. The molecule has 2 N–H and O–H groups in total. The summed E-state index contributed by atoms with van der Waals surface area (Å²) in [5.41, 5.74) is -2.56. The third kappa shape index (κ3) is 4.56. The van der Waals surface area contributed by atoms with Gasteiger partial charge in [-0.25, -0.2) is 4.79 Å². The smallest absolute Gasteiger partial charge is 0.416 e. The average Bonchev–Trinajstić information content (AvgIpc) is 3.01. The van der Waals surface area contributed by atoms with Gasteiger partial charge in [-0.3, -0.25) is 14.5 Å². The number of rotatable bonds is 7. The molecule has 3 rings (SSSR count). The number of nitrogens with zero attached hydrogens (tertiary/aromatic N) is 1. The van der Waals surface area contributed by atoms with Gasteiger partial charge >= 0.3 is 12.2 Å². The van der Waals surface area contributed by atoms with Crippen molar-refractivity contribution in [1.82, 2.24) is 10.2 Å². The Morgan fingerprint density at radius 2 is 1.68 bits per heavy atom. The summed E-state index contributed by atoms with van der Waals surface area (Å²) < 4.78 is 54.9. The fraction of sp³-hybridized carbons (Fsp3) is 0.318. The molecule has 0 saturated carbocycles. The number of alkyl halides is 3. The van der Waals surface area contributed by atoms with Crippen LogP contribution >= 0.6 is 0 Å². The zero-order valence-electron chi connectivity index (χ0n) is 18.7. The summed E-state index contributed by atoms with van der Waals surface area (Å²) in [5, 5.41) is 4.91. The van der Waals surface area contributed by atoms with Crippen molar-refractivity contribution in [1.29, 1.82) is 0 Å². The first kappa shape index (κ1) is 24.7. The second kappa shape index (κ2) is 9.12. The molecule has 0 aromatic heterocycles. The number of carbonyl (C=O) groups is 3. The lowest BCUT2D eigenvalue weighted by Gasteiger charge is -2.23. The first-order valence-corrected chi connectivity index (χ1v) is 9.86. The van der Waals surface area contributed by atoms with Crippen LogP contribution in [0.1, 0.15) is 18.1 Å². The predicted octanol–water partition coefficient (Wildman–Crippen LogP) is 3.14. The van der Waals surface area contributed by atoms with Crippen LogP contribution in [0.15, 0.2) is 36.4 Å². The van der Waals surface area contributed by atoms with Crippen LogP contribution in [-0.4, -0.2) is 50.6 Å². The number of hydrogen-bond acceptors (Lipinski definition) is 6. The molecule has 0 radical (unpaired) electrons. The number of imide groups is 1. The van der Waals surface area contributed by atoms with Crippen LogP contribution < -0.4 is 24.8 Å². The number of methoxy groups -OCH3 is 3. The van der Waals surface area contributed by atoms with E-state index in [-0.39, 0.29) is 22.7 Å². The molecule has 9 nitrogen and oxygen atoms in total. The monoisotopic (exact) mass is 481 g/mol. The van der Waals surface area contributed by atoms with E-state index in [9.17, 15) is 27.6 Å². The highest BCUT2D eigenvalue weighted by molar-refractivity contribution is 6.10. The maximum atomic E-state index is 13.1. The molecule has 0 aliphatic carbocycles. The molecule has 12 heteroatoms. The number of hydrogen-bond donors (Lipinski definition) is 2. The van der Waals surface area contributed by atoms with E-state index in [0.29, 0.717) is 10.6 Å². The highest BCUT2D eigenvalue weighted by Gasteiger charge is 2.50. The highest BCUT2D eigenvalue weighted by Crippen LogP contribution is 2.40. The van der Waals surface area contributed by atoms with E-state index in [4.69, 9.17) is 14.2 Å². The lowest BCUT2D eigenvalue weighted by Crippen LogP contribution is -2.42. The SMILES string of the molecule is COc1cc(NC(=O)CN2C(=O)NC(C)(c3cccc(C(F)(F)F)c3)C2=O)cc(OC)c1OC. The summed E-state index contributed by atoms with van der Waals surface area (Å²) in [6.45, 7) is 0.607. The molecular weight excluding hydrogens is 459 g/mol. The minimum absolute atomic E-state index is 0.0618. The Balaban J connectivity index is 1.80. The van der Waals surface area contributed by atoms with Crippen LogP contribution in [0.2, 0.25) is 0 Å². The molecule has 2 aromatic rings. The Morgan fingerprint density at radius 1 is 1.06 bits per heavy atom. The number of urea groups is 1. The van der Waals surface area contributed by atoms with Crippen molar-refractivity contribution in [2.45, 2.75) is 18.6 Å². The molecule has 182 valence electrons. The molecule has 1 aliphatic heterocycles. The minimum atomic E-state index is -4.63. The van der Waals surface area contributed by atoms with Gasteiger partial charge < -0.3 is 24.8 Å². The number of benzene rings is 2. The van der Waals surface area contributed by atoms with Gasteiger partial charge in [0.15, 0.2) is 11.5 Å². The van der Waals surface area contributed by atoms with Crippen LogP contribution in [-0.2, 0) is 21.3 Å². The zero-order chi connectivity index (χ0) is 25.3. The summed E-state index contributed by atoms with van der Waals surface area (Å²) in [4.78, 5) is 38.7. The number of halogens is 3. The van der Waals surface area contributed by atoms with E-state index in [1.165, 1.54) is 46.5 Å². The fourth-order valence-corrected chi connectivity index (χ4v) is 3.54. The largest absolute Gasteiger partial charge is 0.493 e. The predicted molar refractivity (Wildman–Crippen MR) is 114 cm³/mol. The lowest BCUT2D eigenvalue weighted by atomic mass is 9.90. The van der Waals surface area contributed by atoms with E-state index in [0.717, 1.165) is 18.2 Å². The average molecular weight is 481 g/mol. The maximum Gasteiger partial charge on any atom is 0.416 e. The molecule has 2 aromatic carbocycles. The van der Waals surface area contributed by atoms with E-state index in [1.807, 2.05) is 0 Å². The number of ether oxygens (including phenoxy) is 3. The molecule has 34 heavy (non-hydrogen) atoms. The minimum Gasteiger partial charge on any atom is -0.493 e. The first-order chi connectivity index (χ1) is 15.9. The summed E-state index contributed by atoms with van der Waals surface area (Å²) in [6.07, 6.45) is -4.63. The van der Waals surface area contributed by atoms with Crippen LogP contribution in [0.5, 0.6) is 17.2 Å². The van der Waals surface area contributed by atoms with Gasteiger partial charge in [-0.05, 0) is 24.6 Å². The van der Waals surface area contributed by atoms with Crippen molar-refractivity contribution in [2.24, 2.45) is 0 Å². The Hall–Kier alpha value is -3.96. The second-order valence-corrected chi connectivity index (χ2v) is 7.49. The van der Waals surface area contributed by atoms with Crippen LogP contribution in [0.25, 0.3) is 0 Å². The standard InChI is InChI=1S/C22H22F3N3O6/c1-21(12-6-5-7-13(8-12)22(23,24)25)19(30)28(20(31)27-21)11-17(29)26-14-9-15(32-2)18(34-4)16(10-14)33-3/h5-10H,11H2,1-4H3,(H,26,29)(H,27,31). The van der Waals surface area contributed by atoms with Crippen LogP contribution in [0, 0.1) is 0 Å². The summed E-state index contributed by atoms with van der Waals surface area (Å²) >= 11 is 0. The number of anilines is 1. The highest BCUT2D eigenvalue weighted by atomic mass is 19.4. The molecule has 1 heterocycles. The van der Waals surface area contributed by atoms with Crippen molar-refractivity contribution < 1.29 is 41.8 Å². The first-order valence-electron chi connectivity index (χ1n) is 9.86. The summed E-state index contributed by atoms with van der Waals surface area (Å²) in [7, 11) is 4.20. The van der Waals surface area contributed by atoms with Crippen molar-refractivity contribution in [3.63, 3.8) is 0 Å². The van der Waals surface area contributed by atoms with Gasteiger partial charge in [0.1, 0.15) is 12.1 Å². The molecule has 1 unspecified atom stereocenters. The Labute approximate surface area is 192 Å². The number of carbonyl (C=O) groups excluding carboxylic acids is 3. The van der Waals surface area contributed by atoms with Gasteiger partial charge in [0.05, 0.1) is 26.9 Å². The quantitative estimate of drug-likeness (QED) is 0.589. The van der Waals surface area contributed by atoms with Gasteiger partial charge in [0, 0.05) is 17.8 Å².